The molecule has 1 N–H and O–H groups in total. The van der Waals surface area contributed by atoms with Crippen molar-refractivity contribution in [2.45, 2.75) is 19.3 Å². The molecule has 0 saturated heterocycles. The average Bonchev–Trinajstić information content (AvgIpc) is 3.39. The number of hydrogen-bond acceptors (Lipinski definition) is 8. The summed E-state index contributed by atoms with van der Waals surface area (Å²) < 4.78 is 10.1. The van der Waals surface area contributed by atoms with Crippen LogP contribution in [0, 0.1) is 10.1 Å². The van der Waals surface area contributed by atoms with Crippen LogP contribution in [0.25, 0.3) is 22.6 Å². The number of allylic oxidation sites excluding steroid dienone is 1. The Bertz CT molecular complexity index is 1490. The van der Waals surface area contributed by atoms with Gasteiger partial charge >= 0.3 is 5.97 Å². The van der Waals surface area contributed by atoms with Crippen molar-refractivity contribution in [3.05, 3.63) is 93.4 Å². The van der Waals surface area contributed by atoms with E-state index in [0.29, 0.717) is 28.6 Å². The van der Waals surface area contributed by atoms with Gasteiger partial charge in [-0.3, -0.25) is 14.9 Å². The molecule has 1 aliphatic rings. The molecule has 4 aromatic rings. The number of carbonyl (C=O) groups excluding carboxylic acids is 2. The molecule has 1 aliphatic carbocycles. The molecule has 0 spiro atoms. The molecule has 180 valence electrons. The van der Waals surface area contributed by atoms with E-state index in [1.165, 1.54) is 24.5 Å². The normalized spacial score (nSPS) is 13.8. The Kier molecular flexibility index (Phi) is 6.23. The van der Waals surface area contributed by atoms with E-state index in [4.69, 9.17) is 9.72 Å². The number of aromatic nitrogens is 2. The van der Waals surface area contributed by atoms with Gasteiger partial charge in [-0.05, 0) is 60.2 Å². The van der Waals surface area contributed by atoms with Crippen molar-refractivity contribution in [3.63, 3.8) is 0 Å². The second-order valence-electron chi connectivity index (χ2n) is 8.21. The lowest BCUT2D eigenvalue weighted by molar-refractivity contribution is -0.384. The van der Waals surface area contributed by atoms with E-state index < -0.39 is 23.4 Å². The van der Waals surface area contributed by atoms with Gasteiger partial charge in [0.05, 0.1) is 21.7 Å². The van der Waals surface area contributed by atoms with Gasteiger partial charge in [0.15, 0.2) is 12.4 Å². The molecule has 0 aliphatic heterocycles. The highest BCUT2D eigenvalue weighted by Crippen LogP contribution is 2.36. The predicted octanol–water partition coefficient (Wildman–Crippen LogP) is 4.80. The lowest BCUT2D eigenvalue weighted by atomic mass is 9.86. The molecule has 10 nitrogen and oxygen atoms in total. The topological polar surface area (TPSA) is 137 Å². The summed E-state index contributed by atoms with van der Waals surface area (Å²) in [6.07, 6.45) is 5.41. The van der Waals surface area contributed by atoms with Gasteiger partial charge in [0.2, 0.25) is 0 Å². The second kappa shape index (κ2) is 9.79. The third kappa shape index (κ3) is 4.69. The van der Waals surface area contributed by atoms with Gasteiger partial charge < -0.3 is 14.6 Å². The molecule has 0 atom stereocenters. The van der Waals surface area contributed by atoms with Crippen LogP contribution in [-0.4, -0.2) is 33.5 Å². The van der Waals surface area contributed by atoms with E-state index in [9.17, 15) is 19.7 Å². The number of ether oxygens (including phenoxy) is 1. The standard InChI is InChI=1S/C26H20N4O6/c31-23(28-22-12-13-36-29-22)15-35-26(32)24-19-5-1-2-7-21(19)27-25-17(4-3-6-20(24)25)14-16-8-10-18(11-9-16)30(33)34/h1-2,5,7-14H,3-4,6,15H2,(H,28,29,31)/b17-14-. The fourth-order valence-corrected chi connectivity index (χ4v) is 4.26. The molecular weight excluding hydrogens is 464 g/mol. The number of benzene rings is 2. The van der Waals surface area contributed by atoms with Crippen LogP contribution in [0.1, 0.15) is 40.0 Å². The Labute approximate surface area is 204 Å². The van der Waals surface area contributed by atoms with Crippen LogP contribution in [0.3, 0.4) is 0 Å². The van der Waals surface area contributed by atoms with Gasteiger partial charge in [0.1, 0.15) is 6.26 Å². The minimum atomic E-state index is -0.614. The van der Waals surface area contributed by atoms with Gasteiger partial charge in [-0.1, -0.05) is 23.4 Å². The number of nitro benzene ring substituents is 1. The number of hydrogen-bond donors (Lipinski definition) is 1. The minimum Gasteiger partial charge on any atom is -0.452 e. The van der Waals surface area contributed by atoms with Crippen molar-refractivity contribution in [2.24, 2.45) is 0 Å². The van der Waals surface area contributed by atoms with Crippen molar-refractivity contribution in [1.82, 2.24) is 10.1 Å². The summed E-state index contributed by atoms with van der Waals surface area (Å²) in [5.41, 5.74) is 4.21. The summed E-state index contributed by atoms with van der Waals surface area (Å²) in [5.74, 6) is -0.927. The van der Waals surface area contributed by atoms with E-state index in [2.05, 4.69) is 15.0 Å². The Morgan fingerprint density at radius 1 is 1.11 bits per heavy atom. The molecule has 0 saturated carbocycles. The molecule has 1 amide bonds. The Balaban J connectivity index is 1.48. The zero-order chi connectivity index (χ0) is 25.1. The summed E-state index contributed by atoms with van der Waals surface area (Å²) in [5, 5.41) is 17.7. The first-order valence-corrected chi connectivity index (χ1v) is 11.2. The number of fused-ring (bicyclic) bond motifs is 2. The Hall–Kier alpha value is -4.86. The highest BCUT2D eigenvalue weighted by atomic mass is 16.6. The number of non-ortho nitro benzene ring substituents is 1. The maximum absolute atomic E-state index is 13.3. The molecule has 5 rings (SSSR count). The number of pyridine rings is 1. The molecule has 0 radical (unpaired) electrons. The number of nitrogens with one attached hydrogen (secondary N) is 1. The molecule has 0 fully saturated rings. The van der Waals surface area contributed by atoms with Crippen molar-refractivity contribution in [3.8, 4) is 0 Å². The largest absolute Gasteiger partial charge is 0.452 e. The second-order valence-corrected chi connectivity index (χ2v) is 8.21. The molecule has 10 heteroatoms. The van der Waals surface area contributed by atoms with Gasteiger partial charge in [-0.15, -0.1) is 0 Å². The average molecular weight is 484 g/mol. The maximum atomic E-state index is 13.3. The van der Waals surface area contributed by atoms with Crippen LogP contribution in [0.2, 0.25) is 0 Å². The predicted molar refractivity (Wildman–Crippen MR) is 131 cm³/mol. The highest BCUT2D eigenvalue weighted by Gasteiger charge is 2.26. The van der Waals surface area contributed by atoms with Crippen LogP contribution < -0.4 is 5.32 Å². The molecule has 36 heavy (non-hydrogen) atoms. The van der Waals surface area contributed by atoms with Crippen molar-refractivity contribution in [2.75, 3.05) is 11.9 Å². The Morgan fingerprint density at radius 3 is 2.67 bits per heavy atom. The monoisotopic (exact) mass is 484 g/mol. The number of esters is 1. The van der Waals surface area contributed by atoms with Crippen LogP contribution in [0.15, 0.2) is 65.4 Å². The van der Waals surface area contributed by atoms with Crippen molar-refractivity contribution < 1.29 is 23.8 Å². The first-order valence-electron chi connectivity index (χ1n) is 11.2. The first-order chi connectivity index (χ1) is 17.5. The highest BCUT2D eigenvalue weighted by molar-refractivity contribution is 6.07. The van der Waals surface area contributed by atoms with Crippen LogP contribution in [0.4, 0.5) is 11.5 Å². The molecule has 0 unspecified atom stereocenters. The maximum Gasteiger partial charge on any atom is 0.339 e. The van der Waals surface area contributed by atoms with Crippen molar-refractivity contribution in [1.29, 1.82) is 0 Å². The molecular formula is C26H20N4O6. The molecule has 2 aromatic heterocycles. The molecule has 2 heterocycles. The lowest BCUT2D eigenvalue weighted by Crippen LogP contribution is -2.22. The lowest BCUT2D eigenvalue weighted by Gasteiger charge is -2.22. The fourth-order valence-electron chi connectivity index (χ4n) is 4.26. The van der Waals surface area contributed by atoms with Gasteiger partial charge in [0.25, 0.3) is 11.6 Å². The zero-order valence-electron chi connectivity index (χ0n) is 19.0. The number of carbonyl (C=O) groups is 2. The summed E-state index contributed by atoms with van der Waals surface area (Å²) in [7, 11) is 0. The third-order valence-corrected chi connectivity index (χ3v) is 5.86. The zero-order valence-corrected chi connectivity index (χ0v) is 19.0. The number of amides is 1. The number of nitrogens with zero attached hydrogens (tertiary/aromatic N) is 3. The third-order valence-electron chi connectivity index (χ3n) is 5.86. The van der Waals surface area contributed by atoms with Gasteiger partial charge in [-0.2, -0.15) is 0 Å². The number of anilines is 1. The van der Waals surface area contributed by atoms with E-state index in [0.717, 1.165) is 29.5 Å². The van der Waals surface area contributed by atoms with E-state index in [1.54, 1.807) is 12.1 Å². The summed E-state index contributed by atoms with van der Waals surface area (Å²) in [4.78, 5) is 40.8. The number of nitro groups is 1. The summed E-state index contributed by atoms with van der Waals surface area (Å²) in [6.45, 7) is -0.484. The smallest absolute Gasteiger partial charge is 0.339 e. The Morgan fingerprint density at radius 2 is 1.92 bits per heavy atom. The summed E-state index contributed by atoms with van der Waals surface area (Å²) >= 11 is 0. The van der Waals surface area contributed by atoms with Crippen molar-refractivity contribution >= 4 is 45.9 Å². The SMILES string of the molecule is O=C(COC(=O)c1c2c(nc3ccccc13)/C(=C\c1ccc([N+](=O)[O-])cc1)CCC2)Nc1ccon1. The van der Waals surface area contributed by atoms with Gasteiger partial charge in [0, 0.05) is 23.6 Å². The van der Waals surface area contributed by atoms with E-state index in [1.807, 2.05) is 30.3 Å². The van der Waals surface area contributed by atoms with E-state index in [-0.39, 0.29) is 11.5 Å². The minimum absolute atomic E-state index is 0.0166. The fraction of sp³-hybridized carbons (Fsp3) is 0.154. The van der Waals surface area contributed by atoms with E-state index >= 15 is 0 Å². The summed E-state index contributed by atoms with van der Waals surface area (Å²) in [6, 6.07) is 15.0. The van der Waals surface area contributed by atoms with Crippen LogP contribution in [-0.2, 0) is 16.0 Å². The first kappa shape index (κ1) is 22.9. The quantitative estimate of drug-likeness (QED) is 0.234. The van der Waals surface area contributed by atoms with Crippen LogP contribution in [0.5, 0.6) is 0 Å². The molecule has 0 bridgehead atoms. The molecule has 2 aromatic carbocycles. The van der Waals surface area contributed by atoms with Gasteiger partial charge in [-0.25, -0.2) is 9.78 Å². The number of rotatable bonds is 6. The number of para-hydroxylation sites is 1. The van der Waals surface area contributed by atoms with Crippen LogP contribution >= 0.6 is 0 Å².